The summed E-state index contributed by atoms with van der Waals surface area (Å²) in [6, 6.07) is 15.6. The van der Waals surface area contributed by atoms with E-state index in [1.165, 1.54) is 0 Å². The maximum absolute atomic E-state index is 11.5. The molecule has 21 heavy (non-hydrogen) atoms. The van der Waals surface area contributed by atoms with Crippen molar-refractivity contribution in [3.05, 3.63) is 70.8 Å². The molecule has 0 radical (unpaired) electrons. The molecule has 0 aromatic heterocycles. The van der Waals surface area contributed by atoms with Crippen molar-refractivity contribution in [2.75, 3.05) is 0 Å². The minimum Gasteiger partial charge on any atom is -0.379 e. The van der Waals surface area contributed by atoms with Crippen molar-refractivity contribution in [3.8, 4) is 0 Å². The number of rotatable bonds is 4. The fourth-order valence-electron chi connectivity index (χ4n) is 2.80. The fourth-order valence-corrected chi connectivity index (χ4v) is 2.80. The smallest absolute Gasteiger partial charge is 0.130 e. The summed E-state index contributed by atoms with van der Waals surface area (Å²) in [5.41, 5.74) is 9.19. The highest BCUT2D eigenvalue weighted by molar-refractivity contribution is 5.41. The van der Waals surface area contributed by atoms with Crippen LogP contribution in [-0.4, -0.2) is 11.1 Å². The van der Waals surface area contributed by atoms with Crippen molar-refractivity contribution in [2.45, 2.75) is 39.3 Å². The number of aliphatic hydroxyl groups is 1. The Morgan fingerprint density at radius 1 is 0.905 bits per heavy atom. The van der Waals surface area contributed by atoms with Gasteiger partial charge in [-0.1, -0.05) is 73.5 Å². The molecule has 1 unspecified atom stereocenters. The molecule has 1 atom stereocenters. The van der Waals surface area contributed by atoms with Crippen molar-refractivity contribution in [1.29, 1.82) is 0 Å². The Kier molecular flexibility index (Phi) is 4.50. The number of nitrogens with two attached hydrogens (primary N) is 1. The fraction of sp³-hybridized carbons (Fsp3) is 0.368. The molecule has 0 saturated carbocycles. The van der Waals surface area contributed by atoms with Crippen molar-refractivity contribution in [2.24, 2.45) is 11.7 Å². The zero-order valence-corrected chi connectivity index (χ0v) is 13.3. The highest BCUT2D eigenvalue weighted by Gasteiger charge is 2.39. The molecule has 0 spiro atoms. The Labute approximate surface area is 127 Å². The Bertz CT molecular complexity index is 573. The molecule has 0 aliphatic carbocycles. The maximum atomic E-state index is 11.5. The van der Waals surface area contributed by atoms with Gasteiger partial charge in [0.2, 0.25) is 0 Å². The molecule has 112 valence electrons. The third-order valence-corrected chi connectivity index (χ3v) is 4.12. The third kappa shape index (κ3) is 3.02. The molecule has 0 bridgehead atoms. The van der Waals surface area contributed by atoms with Crippen molar-refractivity contribution in [3.63, 3.8) is 0 Å². The first kappa shape index (κ1) is 15.7. The molecule has 0 fully saturated rings. The molecule has 0 saturated heterocycles. The maximum Gasteiger partial charge on any atom is 0.130 e. The van der Waals surface area contributed by atoms with Gasteiger partial charge in [0.1, 0.15) is 5.60 Å². The minimum absolute atomic E-state index is 0.163. The van der Waals surface area contributed by atoms with Crippen molar-refractivity contribution in [1.82, 2.24) is 0 Å². The van der Waals surface area contributed by atoms with E-state index in [-0.39, 0.29) is 12.0 Å². The summed E-state index contributed by atoms with van der Waals surface area (Å²) < 4.78 is 0. The van der Waals surface area contributed by atoms with E-state index < -0.39 is 5.60 Å². The summed E-state index contributed by atoms with van der Waals surface area (Å²) >= 11 is 0. The molecule has 2 rings (SSSR count). The quantitative estimate of drug-likeness (QED) is 0.902. The first-order chi connectivity index (χ1) is 9.85. The minimum atomic E-state index is -1.17. The lowest BCUT2D eigenvalue weighted by molar-refractivity contribution is 0.0352. The van der Waals surface area contributed by atoms with Crippen LogP contribution >= 0.6 is 0 Å². The van der Waals surface area contributed by atoms with Gasteiger partial charge >= 0.3 is 0 Å². The average Bonchev–Trinajstić information content (AvgIpc) is 2.45. The first-order valence-corrected chi connectivity index (χ1v) is 7.48. The Morgan fingerprint density at radius 2 is 1.33 bits per heavy atom. The summed E-state index contributed by atoms with van der Waals surface area (Å²) in [5, 5.41) is 11.5. The van der Waals surface area contributed by atoms with Gasteiger partial charge in [-0.2, -0.15) is 0 Å². The zero-order valence-electron chi connectivity index (χ0n) is 13.3. The summed E-state index contributed by atoms with van der Waals surface area (Å²) in [6.45, 7) is 8.14. The highest BCUT2D eigenvalue weighted by atomic mass is 16.3. The van der Waals surface area contributed by atoms with Crippen LogP contribution in [0.15, 0.2) is 48.5 Å². The topological polar surface area (TPSA) is 46.2 Å². The molecular formula is C19H25NO. The summed E-state index contributed by atoms with van der Waals surface area (Å²) in [4.78, 5) is 0. The zero-order chi connectivity index (χ0) is 15.6. The van der Waals surface area contributed by atoms with E-state index in [4.69, 9.17) is 5.73 Å². The van der Waals surface area contributed by atoms with Crippen LogP contribution in [0.3, 0.4) is 0 Å². The van der Waals surface area contributed by atoms with Gasteiger partial charge in [-0.15, -0.1) is 0 Å². The van der Waals surface area contributed by atoms with Crippen molar-refractivity contribution < 1.29 is 5.11 Å². The predicted molar refractivity (Wildman–Crippen MR) is 88.2 cm³/mol. The normalized spacial score (nSPS) is 13.5. The first-order valence-electron chi connectivity index (χ1n) is 7.48. The molecule has 2 heteroatoms. The second-order valence-electron chi connectivity index (χ2n) is 6.28. The van der Waals surface area contributed by atoms with Gasteiger partial charge in [0.15, 0.2) is 0 Å². The van der Waals surface area contributed by atoms with Crippen LogP contribution in [0.25, 0.3) is 0 Å². The lowest BCUT2D eigenvalue weighted by Gasteiger charge is -2.37. The second kappa shape index (κ2) is 6.00. The molecule has 2 aromatic carbocycles. The highest BCUT2D eigenvalue weighted by Crippen LogP contribution is 2.35. The van der Waals surface area contributed by atoms with E-state index in [0.29, 0.717) is 0 Å². The van der Waals surface area contributed by atoms with E-state index in [9.17, 15) is 5.11 Å². The van der Waals surface area contributed by atoms with E-state index in [2.05, 4.69) is 0 Å². The number of hydrogen-bond acceptors (Lipinski definition) is 2. The summed E-state index contributed by atoms with van der Waals surface area (Å²) in [7, 11) is 0. The molecule has 2 nitrogen and oxygen atoms in total. The van der Waals surface area contributed by atoms with Gasteiger partial charge in [-0.25, -0.2) is 0 Å². The van der Waals surface area contributed by atoms with Crippen LogP contribution in [-0.2, 0) is 5.60 Å². The lowest BCUT2D eigenvalue weighted by Crippen LogP contribution is -2.49. The molecule has 0 heterocycles. The monoisotopic (exact) mass is 283 g/mol. The number of benzene rings is 2. The predicted octanol–water partition coefficient (Wildman–Crippen LogP) is 3.52. The summed E-state index contributed by atoms with van der Waals surface area (Å²) in [5.74, 6) is 0.163. The lowest BCUT2D eigenvalue weighted by atomic mass is 9.76. The van der Waals surface area contributed by atoms with E-state index in [1.807, 2.05) is 76.2 Å². The Balaban J connectivity index is 2.65. The van der Waals surface area contributed by atoms with Crippen LogP contribution in [0, 0.1) is 19.8 Å². The number of hydrogen-bond donors (Lipinski definition) is 2. The van der Waals surface area contributed by atoms with E-state index in [1.54, 1.807) is 0 Å². The van der Waals surface area contributed by atoms with Gasteiger partial charge in [0.25, 0.3) is 0 Å². The molecule has 0 aliphatic rings. The standard InChI is InChI=1S/C19H25NO/c1-13(2)18(20)19(21,16-9-5-7-14(3)11-16)17-10-6-8-15(4)12-17/h5-13,18,21H,20H2,1-4H3. The van der Waals surface area contributed by atoms with E-state index in [0.717, 1.165) is 22.3 Å². The van der Waals surface area contributed by atoms with Crippen LogP contribution in [0.4, 0.5) is 0 Å². The average molecular weight is 283 g/mol. The van der Waals surface area contributed by atoms with Gasteiger partial charge in [0.05, 0.1) is 0 Å². The molecule has 0 aliphatic heterocycles. The van der Waals surface area contributed by atoms with E-state index >= 15 is 0 Å². The van der Waals surface area contributed by atoms with Gasteiger partial charge < -0.3 is 10.8 Å². The SMILES string of the molecule is Cc1cccc(C(O)(c2cccc(C)c2)C(N)C(C)C)c1. The van der Waals surface area contributed by atoms with Gasteiger partial charge in [0, 0.05) is 6.04 Å². The van der Waals surface area contributed by atoms with Crippen LogP contribution < -0.4 is 5.73 Å². The van der Waals surface area contributed by atoms with Gasteiger partial charge in [-0.3, -0.25) is 0 Å². The van der Waals surface area contributed by atoms with Crippen molar-refractivity contribution >= 4 is 0 Å². The Hall–Kier alpha value is -1.64. The molecule has 0 amide bonds. The molecule has 2 aromatic rings. The Morgan fingerprint density at radius 3 is 1.67 bits per heavy atom. The summed E-state index contributed by atoms with van der Waals surface area (Å²) in [6.07, 6.45) is 0. The molecular weight excluding hydrogens is 258 g/mol. The second-order valence-corrected chi connectivity index (χ2v) is 6.28. The largest absolute Gasteiger partial charge is 0.379 e. The third-order valence-electron chi connectivity index (χ3n) is 4.12. The molecule has 3 N–H and O–H groups in total. The van der Waals surface area contributed by atoms with Crippen LogP contribution in [0.1, 0.15) is 36.1 Å². The van der Waals surface area contributed by atoms with Crippen LogP contribution in [0.5, 0.6) is 0 Å². The van der Waals surface area contributed by atoms with Crippen LogP contribution in [0.2, 0.25) is 0 Å². The number of aryl methyl sites for hydroxylation is 2. The van der Waals surface area contributed by atoms with Gasteiger partial charge in [-0.05, 0) is 30.9 Å².